The molecule has 1 heterocycles. The minimum atomic E-state index is -2.46. The number of hydrogen-bond donors (Lipinski definition) is 0. The molecular formula is C15H11F2N2Y-. The molecule has 2 rings (SSSR count). The third-order valence-corrected chi connectivity index (χ3v) is 2.72. The predicted molar refractivity (Wildman–Crippen MR) is 68.8 cm³/mol. The molecule has 0 saturated carbocycles. The zero-order valence-electron chi connectivity index (χ0n) is 10.7. The Morgan fingerprint density at radius 1 is 1.30 bits per heavy atom. The molecule has 0 atom stereocenters. The van der Waals surface area contributed by atoms with Gasteiger partial charge in [0, 0.05) is 38.3 Å². The second-order valence-corrected chi connectivity index (χ2v) is 4.01. The summed E-state index contributed by atoms with van der Waals surface area (Å²) in [6, 6.07) is 8.73. The Balaban J connectivity index is 0.00000200. The van der Waals surface area contributed by atoms with E-state index >= 15 is 0 Å². The maximum absolute atomic E-state index is 12.6. The van der Waals surface area contributed by atoms with Crippen molar-refractivity contribution in [2.24, 2.45) is 0 Å². The van der Waals surface area contributed by atoms with E-state index in [1.54, 1.807) is 36.4 Å². The molecule has 1 aromatic rings. The Morgan fingerprint density at radius 3 is 2.50 bits per heavy atom. The van der Waals surface area contributed by atoms with E-state index in [4.69, 9.17) is 5.26 Å². The van der Waals surface area contributed by atoms with E-state index < -0.39 is 13.0 Å². The van der Waals surface area contributed by atoms with Crippen molar-refractivity contribution in [1.82, 2.24) is 4.90 Å². The molecule has 0 aliphatic carbocycles. The fraction of sp³-hybridized carbons (Fsp3) is 0.133. The van der Waals surface area contributed by atoms with Gasteiger partial charge in [-0.05, 0) is 5.70 Å². The molecule has 0 fully saturated rings. The van der Waals surface area contributed by atoms with Gasteiger partial charge in [0.2, 0.25) is 0 Å². The van der Waals surface area contributed by atoms with Crippen LogP contribution in [0, 0.1) is 17.4 Å². The minimum absolute atomic E-state index is 0. The molecule has 5 heteroatoms. The van der Waals surface area contributed by atoms with Crippen molar-refractivity contribution in [1.29, 1.82) is 5.26 Å². The van der Waals surface area contributed by atoms with E-state index in [1.165, 1.54) is 4.90 Å². The van der Waals surface area contributed by atoms with Crippen molar-refractivity contribution >= 4 is 5.70 Å². The monoisotopic (exact) mass is 346 g/mol. The van der Waals surface area contributed by atoms with Crippen LogP contribution in [-0.2, 0) is 32.7 Å². The van der Waals surface area contributed by atoms with Crippen LogP contribution in [0.5, 0.6) is 0 Å². The van der Waals surface area contributed by atoms with Gasteiger partial charge in [0.05, 0.1) is 12.6 Å². The van der Waals surface area contributed by atoms with Crippen LogP contribution in [0.1, 0.15) is 11.1 Å². The standard InChI is InChI=1S/C15H11F2N2.Y/c1-11-3-2-4-14(19(11)10-15(16)17)13-7-5-12(9-18)6-8-13;/h2-3,5-8,15H,1,10H2;/q-1;. The number of alkyl halides is 2. The van der Waals surface area contributed by atoms with E-state index in [-0.39, 0.29) is 32.7 Å². The number of benzene rings is 1. The maximum atomic E-state index is 12.6. The Hall–Kier alpha value is -1.31. The molecule has 1 aliphatic heterocycles. The van der Waals surface area contributed by atoms with Crippen LogP contribution in [0.3, 0.4) is 0 Å². The average Bonchev–Trinajstić information content (AvgIpc) is 2.41. The zero-order valence-corrected chi connectivity index (χ0v) is 13.5. The number of hydrogen-bond acceptors (Lipinski definition) is 2. The molecule has 0 saturated heterocycles. The third kappa shape index (κ3) is 3.85. The van der Waals surface area contributed by atoms with Gasteiger partial charge in [0.1, 0.15) is 0 Å². The zero-order chi connectivity index (χ0) is 13.8. The first-order valence-electron chi connectivity index (χ1n) is 5.67. The summed E-state index contributed by atoms with van der Waals surface area (Å²) in [5, 5.41) is 8.74. The second-order valence-electron chi connectivity index (χ2n) is 4.01. The summed E-state index contributed by atoms with van der Waals surface area (Å²) in [5.74, 6) is 0. The van der Waals surface area contributed by atoms with Crippen LogP contribution in [0.15, 0.2) is 48.7 Å². The summed E-state index contributed by atoms with van der Waals surface area (Å²) in [4.78, 5) is 1.42. The molecule has 99 valence electrons. The number of allylic oxidation sites excluding steroid dienone is 3. The number of rotatable bonds is 3. The van der Waals surface area contributed by atoms with Crippen molar-refractivity contribution in [3.63, 3.8) is 0 Å². The fourth-order valence-electron chi connectivity index (χ4n) is 1.82. The van der Waals surface area contributed by atoms with E-state index in [0.717, 1.165) is 5.56 Å². The van der Waals surface area contributed by atoms with Crippen molar-refractivity contribution < 1.29 is 41.5 Å². The Kier molecular flexibility index (Phi) is 6.25. The molecule has 1 aromatic carbocycles. The van der Waals surface area contributed by atoms with Crippen LogP contribution in [-0.4, -0.2) is 17.9 Å². The molecule has 0 aromatic heterocycles. The van der Waals surface area contributed by atoms with Gasteiger partial charge < -0.3 is 4.90 Å². The molecule has 1 radical (unpaired) electrons. The summed E-state index contributed by atoms with van der Waals surface area (Å²) in [7, 11) is 0. The van der Waals surface area contributed by atoms with Gasteiger partial charge in [-0.3, -0.25) is 0 Å². The Morgan fingerprint density at radius 2 is 1.95 bits per heavy atom. The van der Waals surface area contributed by atoms with Gasteiger partial charge >= 0.3 is 0 Å². The molecule has 0 unspecified atom stereocenters. The molecule has 0 bridgehead atoms. The van der Waals surface area contributed by atoms with Gasteiger partial charge in [-0.2, -0.15) is 17.4 Å². The second kappa shape index (κ2) is 7.47. The van der Waals surface area contributed by atoms with E-state index in [2.05, 4.69) is 12.7 Å². The number of halogens is 2. The Labute approximate surface area is 142 Å². The van der Waals surface area contributed by atoms with Gasteiger partial charge in [-0.15, -0.1) is 18.2 Å². The summed E-state index contributed by atoms with van der Waals surface area (Å²) < 4.78 is 25.2. The van der Waals surface area contributed by atoms with Gasteiger partial charge in [0.15, 0.2) is 0 Å². The molecule has 20 heavy (non-hydrogen) atoms. The Bertz CT molecular complexity index is 583. The third-order valence-electron chi connectivity index (χ3n) is 2.72. The largest absolute Gasteiger partial charge is 0.370 e. The van der Waals surface area contributed by atoms with Crippen LogP contribution in [0.2, 0.25) is 0 Å². The summed E-state index contributed by atoms with van der Waals surface area (Å²) in [6.45, 7) is 3.33. The summed E-state index contributed by atoms with van der Waals surface area (Å²) in [5.41, 5.74) is 2.29. The molecule has 2 nitrogen and oxygen atoms in total. The minimum Gasteiger partial charge on any atom is -0.370 e. The summed E-state index contributed by atoms with van der Waals surface area (Å²) in [6.07, 6.45) is 3.77. The van der Waals surface area contributed by atoms with Gasteiger partial charge in [-0.1, -0.05) is 30.0 Å². The van der Waals surface area contributed by atoms with Gasteiger partial charge in [-0.25, -0.2) is 8.78 Å². The summed E-state index contributed by atoms with van der Waals surface area (Å²) >= 11 is 0. The van der Waals surface area contributed by atoms with Crippen molar-refractivity contribution in [2.75, 3.05) is 6.54 Å². The first kappa shape index (κ1) is 16.7. The molecule has 0 spiro atoms. The average molecular weight is 346 g/mol. The molecular weight excluding hydrogens is 335 g/mol. The van der Waals surface area contributed by atoms with Crippen LogP contribution >= 0.6 is 0 Å². The molecule has 1 aliphatic rings. The predicted octanol–water partition coefficient (Wildman–Crippen LogP) is 3.35. The van der Waals surface area contributed by atoms with E-state index in [0.29, 0.717) is 17.0 Å². The van der Waals surface area contributed by atoms with Gasteiger partial charge in [0.25, 0.3) is 6.43 Å². The quantitative estimate of drug-likeness (QED) is 0.785. The number of nitrogens with zero attached hydrogens (tertiary/aromatic N) is 2. The van der Waals surface area contributed by atoms with Crippen LogP contribution in [0.25, 0.3) is 5.70 Å². The fourth-order valence-corrected chi connectivity index (χ4v) is 1.82. The van der Waals surface area contributed by atoms with E-state index in [1.807, 2.05) is 6.07 Å². The van der Waals surface area contributed by atoms with E-state index in [9.17, 15) is 8.78 Å². The first-order chi connectivity index (χ1) is 9.11. The van der Waals surface area contributed by atoms with Crippen LogP contribution < -0.4 is 0 Å². The SMILES string of the molecule is C=C1C=C[C-]=C(c2ccc(C#N)cc2)N1CC(F)F.[Y]. The van der Waals surface area contributed by atoms with Crippen molar-refractivity contribution in [3.8, 4) is 6.07 Å². The molecule has 0 N–H and O–H groups in total. The van der Waals surface area contributed by atoms with Crippen LogP contribution in [0.4, 0.5) is 8.78 Å². The van der Waals surface area contributed by atoms with Crippen molar-refractivity contribution in [3.05, 3.63) is 65.9 Å². The molecule has 0 amide bonds. The topological polar surface area (TPSA) is 27.0 Å². The van der Waals surface area contributed by atoms with Crippen molar-refractivity contribution in [2.45, 2.75) is 6.43 Å². The number of nitriles is 1. The first-order valence-corrected chi connectivity index (χ1v) is 5.67. The smallest absolute Gasteiger partial charge is 0.256 e. The normalized spacial score (nSPS) is 13.8. The maximum Gasteiger partial charge on any atom is 0.256 e.